The molecule has 5 nitrogen and oxygen atoms in total. The van der Waals surface area contributed by atoms with E-state index in [0.717, 1.165) is 27.7 Å². The third-order valence-electron chi connectivity index (χ3n) is 6.00. The molecule has 1 N–H and O–H groups in total. The monoisotopic (exact) mass is 442 g/mol. The molecule has 0 saturated carbocycles. The van der Waals surface area contributed by atoms with E-state index < -0.39 is 0 Å². The van der Waals surface area contributed by atoms with Gasteiger partial charge in [0.05, 0.1) is 31.7 Å². The third-order valence-corrected chi connectivity index (χ3v) is 6.00. The number of ether oxygens (including phenoxy) is 2. The molecule has 5 rings (SSSR count). The highest BCUT2D eigenvalue weighted by atomic mass is 19.1. The van der Waals surface area contributed by atoms with Crippen molar-refractivity contribution in [2.45, 2.75) is 12.5 Å². The van der Waals surface area contributed by atoms with Gasteiger partial charge in [0, 0.05) is 23.6 Å². The molecule has 4 aromatic carbocycles. The van der Waals surface area contributed by atoms with Crippen LogP contribution >= 0.6 is 0 Å². The van der Waals surface area contributed by atoms with E-state index in [9.17, 15) is 9.50 Å². The summed E-state index contributed by atoms with van der Waals surface area (Å²) in [4.78, 5) is 0. The molecule has 0 amide bonds. The first-order valence-electron chi connectivity index (χ1n) is 10.6. The molecular formula is C27H23FN2O3. The van der Waals surface area contributed by atoms with Gasteiger partial charge in [0.25, 0.3) is 0 Å². The van der Waals surface area contributed by atoms with Gasteiger partial charge in [-0.05, 0) is 53.2 Å². The van der Waals surface area contributed by atoms with Crippen LogP contribution in [-0.2, 0) is 0 Å². The minimum atomic E-state index is -0.313. The largest absolute Gasteiger partial charge is 0.507 e. The number of fused-ring (bicyclic) bond motifs is 1. The molecule has 1 heterocycles. The summed E-state index contributed by atoms with van der Waals surface area (Å²) < 4.78 is 24.7. The number of halogens is 1. The second kappa shape index (κ2) is 8.47. The highest BCUT2D eigenvalue weighted by Crippen LogP contribution is 2.43. The van der Waals surface area contributed by atoms with Gasteiger partial charge in [-0.2, -0.15) is 5.10 Å². The van der Waals surface area contributed by atoms with E-state index in [1.165, 1.54) is 12.1 Å². The zero-order chi connectivity index (χ0) is 22.9. The molecule has 0 aromatic heterocycles. The average Bonchev–Trinajstić information content (AvgIpc) is 3.28. The van der Waals surface area contributed by atoms with E-state index in [-0.39, 0.29) is 17.6 Å². The number of benzene rings is 4. The van der Waals surface area contributed by atoms with Crippen LogP contribution in [0.25, 0.3) is 10.8 Å². The lowest BCUT2D eigenvalue weighted by molar-refractivity contribution is 0.388. The highest BCUT2D eigenvalue weighted by molar-refractivity contribution is 6.14. The number of hydrogen-bond acceptors (Lipinski definition) is 5. The molecule has 0 aliphatic carbocycles. The SMILES string of the molecule is COc1ccc(C2CC(c3c(O)ccc4ccccc34)=NN2c2ccc(F)cc2)c(OC)c1. The Balaban J connectivity index is 1.66. The van der Waals surface area contributed by atoms with E-state index in [1.807, 2.05) is 53.5 Å². The maximum atomic E-state index is 13.6. The van der Waals surface area contributed by atoms with Gasteiger partial charge in [-0.15, -0.1) is 0 Å². The fraction of sp³-hybridized carbons (Fsp3) is 0.148. The Bertz CT molecular complexity index is 1350. The quantitative estimate of drug-likeness (QED) is 0.408. The van der Waals surface area contributed by atoms with Crippen molar-refractivity contribution < 1.29 is 19.0 Å². The van der Waals surface area contributed by atoms with Crippen LogP contribution in [0, 0.1) is 5.82 Å². The first kappa shape index (κ1) is 20.8. The molecule has 1 aliphatic heterocycles. The van der Waals surface area contributed by atoms with Crippen LogP contribution in [0.4, 0.5) is 10.1 Å². The normalized spacial score (nSPS) is 15.5. The Labute approximate surface area is 191 Å². The van der Waals surface area contributed by atoms with Gasteiger partial charge in [0.15, 0.2) is 0 Å². The Kier molecular flexibility index (Phi) is 5.34. The van der Waals surface area contributed by atoms with Crippen LogP contribution in [0.1, 0.15) is 23.6 Å². The van der Waals surface area contributed by atoms with E-state index >= 15 is 0 Å². The van der Waals surface area contributed by atoms with Crippen molar-refractivity contribution in [1.29, 1.82) is 0 Å². The molecule has 33 heavy (non-hydrogen) atoms. The van der Waals surface area contributed by atoms with Crippen molar-refractivity contribution in [3.63, 3.8) is 0 Å². The maximum absolute atomic E-state index is 13.6. The summed E-state index contributed by atoms with van der Waals surface area (Å²) in [7, 11) is 3.23. The molecule has 0 spiro atoms. The summed E-state index contributed by atoms with van der Waals surface area (Å²) >= 11 is 0. The molecule has 1 unspecified atom stereocenters. The summed E-state index contributed by atoms with van der Waals surface area (Å²) in [6, 6.07) is 23.2. The lowest BCUT2D eigenvalue weighted by Gasteiger charge is -2.25. The number of methoxy groups -OCH3 is 2. The lowest BCUT2D eigenvalue weighted by atomic mass is 9.93. The topological polar surface area (TPSA) is 54.3 Å². The van der Waals surface area contributed by atoms with Crippen LogP contribution in [-0.4, -0.2) is 25.0 Å². The molecule has 0 radical (unpaired) electrons. The number of nitrogens with zero attached hydrogens (tertiary/aromatic N) is 2. The third kappa shape index (κ3) is 3.74. The van der Waals surface area contributed by atoms with Crippen molar-refractivity contribution in [3.8, 4) is 17.2 Å². The zero-order valence-corrected chi connectivity index (χ0v) is 18.3. The second-order valence-electron chi connectivity index (χ2n) is 7.88. The fourth-order valence-corrected chi connectivity index (χ4v) is 4.39. The Morgan fingerprint density at radius 1 is 0.939 bits per heavy atom. The van der Waals surface area contributed by atoms with E-state index in [4.69, 9.17) is 14.6 Å². The minimum absolute atomic E-state index is 0.175. The summed E-state index contributed by atoms with van der Waals surface area (Å²) in [5.74, 6) is 1.22. The molecule has 1 atom stereocenters. The van der Waals surface area contributed by atoms with E-state index in [2.05, 4.69) is 0 Å². The number of hydrazone groups is 1. The molecule has 0 fully saturated rings. The minimum Gasteiger partial charge on any atom is -0.507 e. The van der Waals surface area contributed by atoms with Crippen molar-refractivity contribution >= 4 is 22.2 Å². The first-order chi connectivity index (χ1) is 16.1. The number of rotatable bonds is 5. The number of anilines is 1. The molecular weight excluding hydrogens is 419 g/mol. The summed E-state index contributed by atoms with van der Waals surface area (Å²) in [5.41, 5.74) is 3.11. The van der Waals surface area contributed by atoms with Crippen LogP contribution < -0.4 is 14.5 Å². The summed E-state index contributed by atoms with van der Waals surface area (Å²) in [6.07, 6.45) is 0.529. The molecule has 4 aromatic rings. The predicted molar refractivity (Wildman–Crippen MR) is 128 cm³/mol. The fourth-order valence-electron chi connectivity index (χ4n) is 4.39. The van der Waals surface area contributed by atoms with E-state index in [1.54, 1.807) is 32.4 Å². The van der Waals surface area contributed by atoms with Crippen molar-refractivity contribution in [2.75, 3.05) is 19.2 Å². The van der Waals surface area contributed by atoms with Gasteiger partial charge in [-0.25, -0.2) is 4.39 Å². The number of hydrogen-bond donors (Lipinski definition) is 1. The van der Waals surface area contributed by atoms with Crippen LogP contribution in [0.15, 0.2) is 84.0 Å². The average molecular weight is 442 g/mol. The van der Waals surface area contributed by atoms with Gasteiger partial charge in [0.2, 0.25) is 0 Å². The molecule has 0 bridgehead atoms. The Morgan fingerprint density at radius 2 is 1.73 bits per heavy atom. The maximum Gasteiger partial charge on any atom is 0.127 e. The Hall–Kier alpha value is -4.06. The molecule has 6 heteroatoms. The number of phenolic OH excluding ortho intramolecular Hbond substituents is 1. The first-order valence-corrected chi connectivity index (χ1v) is 10.6. The Morgan fingerprint density at radius 3 is 2.48 bits per heavy atom. The van der Waals surface area contributed by atoms with Crippen molar-refractivity contribution in [3.05, 3.63) is 95.8 Å². The predicted octanol–water partition coefficient (Wildman–Crippen LogP) is 6.06. The van der Waals surface area contributed by atoms with Gasteiger partial charge in [-0.1, -0.05) is 30.3 Å². The van der Waals surface area contributed by atoms with Gasteiger partial charge in [-0.3, -0.25) is 5.01 Å². The van der Waals surface area contributed by atoms with Crippen molar-refractivity contribution in [1.82, 2.24) is 0 Å². The van der Waals surface area contributed by atoms with E-state index in [0.29, 0.717) is 23.5 Å². The number of phenols is 1. The lowest BCUT2D eigenvalue weighted by Crippen LogP contribution is -2.19. The second-order valence-corrected chi connectivity index (χ2v) is 7.88. The van der Waals surface area contributed by atoms with Gasteiger partial charge in [0.1, 0.15) is 23.1 Å². The summed E-state index contributed by atoms with van der Waals surface area (Å²) in [6.45, 7) is 0. The number of aromatic hydroxyl groups is 1. The van der Waals surface area contributed by atoms with Gasteiger partial charge < -0.3 is 14.6 Å². The zero-order valence-electron chi connectivity index (χ0n) is 18.3. The van der Waals surface area contributed by atoms with Crippen molar-refractivity contribution in [2.24, 2.45) is 5.10 Å². The van der Waals surface area contributed by atoms with Crippen LogP contribution in [0.3, 0.4) is 0 Å². The summed E-state index contributed by atoms with van der Waals surface area (Å²) in [5, 5.41) is 19.5. The standard InChI is InChI=1S/C27H23FN2O3/c1-32-20-12-13-22(26(15-20)33-2)24-16-23(29-30(24)19-10-8-18(28)9-11-19)27-21-6-4-3-5-17(21)7-14-25(27)31/h3-15,24,31H,16H2,1-2H3. The smallest absolute Gasteiger partial charge is 0.127 e. The molecule has 1 aliphatic rings. The van der Waals surface area contributed by atoms with Crippen LogP contribution in [0.5, 0.6) is 17.2 Å². The van der Waals surface area contributed by atoms with Gasteiger partial charge >= 0.3 is 0 Å². The molecule has 166 valence electrons. The molecule has 0 saturated heterocycles. The van der Waals surface area contributed by atoms with Crippen LogP contribution in [0.2, 0.25) is 0 Å². The highest BCUT2D eigenvalue weighted by Gasteiger charge is 2.33.